The van der Waals surface area contributed by atoms with E-state index in [1.54, 1.807) is 44.3 Å². The van der Waals surface area contributed by atoms with Crippen LogP contribution < -0.4 is 35.6 Å². The lowest BCUT2D eigenvalue weighted by Gasteiger charge is -2.23. The van der Waals surface area contributed by atoms with Gasteiger partial charge in [0.2, 0.25) is 23.0 Å². The van der Waals surface area contributed by atoms with Crippen LogP contribution in [0.15, 0.2) is 41.3 Å². The van der Waals surface area contributed by atoms with Crippen molar-refractivity contribution in [1.82, 2.24) is 15.1 Å². The number of anilines is 2. The van der Waals surface area contributed by atoms with E-state index < -0.39 is 12.1 Å². The standard InChI is InChI=1S/C31H39N5O6/c1-8-17(2)28(31(39)34-26-13-14-36(4)35-26)33-23-12-10-20-21(16-24(23)38)22(32-18(3)37)11-9-19-15-25(40-5)29(41-6)30(42-7)27(19)20/h10,12-17,22,28H,8-9,11H2,1-7H3,(H,32,37)(H,33,38)(H,34,35,39)/t17-,22+,28-/m0/s1. The number of rotatable bonds is 10. The van der Waals surface area contributed by atoms with E-state index in [-0.39, 0.29) is 28.8 Å². The summed E-state index contributed by atoms with van der Waals surface area (Å²) in [6.45, 7) is 5.39. The molecule has 2 aromatic carbocycles. The fraction of sp³-hybridized carbons (Fsp3) is 0.419. The predicted molar refractivity (Wildman–Crippen MR) is 161 cm³/mol. The van der Waals surface area contributed by atoms with Gasteiger partial charge in [-0.05, 0) is 53.6 Å². The number of fused-ring (bicyclic) bond motifs is 3. The van der Waals surface area contributed by atoms with Crippen molar-refractivity contribution in [3.05, 3.63) is 57.9 Å². The molecule has 42 heavy (non-hydrogen) atoms. The highest BCUT2D eigenvalue weighted by Gasteiger charge is 2.30. The number of amides is 2. The summed E-state index contributed by atoms with van der Waals surface area (Å²) in [7, 11) is 6.43. The summed E-state index contributed by atoms with van der Waals surface area (Å²) in [5.74, 6) is 1.25. The van der Waals surface area contributed by atoms with Crippen LogP contribution in [0.2, 0.25) is 0 Å². The fourth-order valence-electron chi connectivity index (χ4n) is 5.38. The molecular weight excluding hydrogens is 538 g/mol. The Kier molecular flexibility index (Phi) is 9.39. The van der Waals surface area contributed by atoms with Gasteiger partial charge in [0.05, 0.1) is 33.1 Å². The van der Waals surface area contributed by atoms with Gasteiger partial charge in [0, 0.05) is 31.8 Å². The predicted octanol–water partition coefficient (Wildman–Crippen LogP) is 4.06. The number of nitrogens with one attached hydrogen (secondary N) is 3. The minimum atomic E-state index is -0.704. The summed E-state index contributed by atoms with van der Waals surface area (Å²) in [6.07, 6.45) is 3.59. The number of carbonyl (C=O) groups excluding carboxylic acids is 2. The number of ether oxygens (including phenoxy) is 3. The quantitative estimate of drug-likeness (QED) is 0.329. The molecule has 0 unspecified atom stereocenters. The van der Waals surface area contributed by atoms with Gasteiger partial charge in [0.1, 0.15) is 6.04 Å². The molecule has 4 rings (SSSR count). The smallest absolute Gasteiger partial charge is 0.248 e. The van der Waals surface area contributed by atoms with Gasteiger partial charge in [-0.1, -0.05) is 26.3 Å². The van der Waals surface area contributed by atoms with Crippen molar-refractivity contribution in [2.24, 2.45) is 13.0 Å². The zero-order chi connectivity index (χ0) is 30.6. The van der Waals surface area contributed by atoms with Crippen molar-refractivity contribution >= 4 is 23.3 Å². The Morgan fingerprint density at radius 1 is 1.10 bits per heavy atom. The van der Waals surface area contributed by atoms with Crippen LogP contribution in [0.4, 0.5) is 11.5 Å². The Hall–Kier alpha value is -4.54. The van der Waals surface area contributed by atoms with E-state index >= 15 is 0 Å². The van der Waals surface area contributed by atoms with Crippen molar-refractivity contribution < 1.29 is 23.8 Å². The van der Waals surface area contributed by atoms with Crippen LogP contribution in [0.25, 0.3) is 11.1 Å². The molecule has 0 fully saturated rings. The number of carbonyl (C=O) groups is 2. The fourth-order valence-corrected chi connectivity index (χ4v) is 5.38. The first-order valence-corrected chi connectivity index (χ1v) is 14.0. The van der Waals surface area contributed by atoms with Crippen LogP contribution >= 0.6 is 0 Å². The summed E-state index contributed by atoms with van der Waals surface area (Å²) < 4.78 is 18.7. The lowest BCUT2D eigenvalue weighted by molar-refractivity contribution is -0.120. The molecule has 1 heterocycles. The van der Waals surface area contributed by atoms with Crippen molar-refractivity contribution in [3.63, 3.8) is 0 Å². The van der Waals surface area contributed by atoms with E-state index in [2.05, 4.69) is 21.0 Å². The normalized spacial score (nSPS) is 15.3. The molecule has 2 amide bonds. The SMILES string of the molecule is CC[C@H](C)[C@H](Nc1ccc2c(cc1=O)[C@H](NC(C)=O)CCc1cc(OC)c(OC)c(OC)c1-2)C(=O)Nc1ccn(C)n1. The molecule has 3 atom stereocenters. The van der Waals surface area contributed by atoms with Crippen LogP contribution in [0.1, 0.15) is 50.8 Å². The maximum absolute atomic E-state index is 13.8. The van der Waals surface area contributed by atoms with Gasteiger partial charge in [-0.3, -0.25) is 19.1 Å². The molecule has 0 aliphatic heterocycles. The van der Waals surface area contributed by atoms with E-state index in [1.807, 2.05) is 26.0 Å². The molecule has 0 bridgehead atoms. The summed E-state index contributed by atoms with van der Waals surface area (Å²) in [5, 5.41) is 13.3. The van der Waals surface area contributed by atoms with Gasteiger partial charge < -0.3 is 30.2 Å². The molecule has 1 aliphatic rings. The molecule has 0 saturated heterocycles. The maximum Gasteiger partial charge on any atom is 0.248 e. The topological polar surface area (TPSA) is 133 Å². The van der Waals surface area contributed by atoms with Gasteiger partial charge in [0.15, 0.2) is 17.3 Å². The second kappa shape index (κ2) is 13.0. The minimum Gasteiger partial charge on any atom is -0.493 e. The third-order valence-corrected chi connectivity index (χ3v) is 7.69. The molecule has 1 aliphatic carbocycles. The number of aryl methyl sites for hydroxylation is 2. The number of benzene rings is 1. The van der Waals surface area contributed by atoms with Crippen LogP contribution in [-0.4, -0.2) is 49.0 Å². The average Bonchev–Trinajstić information content (AvgIpc) is 3.23. The molecule has 11 nitrogen and oxygen atoms in total. The minimum absolute atomic E-state index is 0.0962. The van der Waals surface area contributed by atoms with Crippen LogP contribution in [0.5, 0.6) is 17.2 Å². The number of hydrogen-bond donors (Lipinski definition) is 3. The highest BCUT2D eigenvalue weighted by Crippen LogP contribution is 2.50. The van der Waals surface area contributed by atoms with Gasteiger partial charge in [-0.25, -0.2) is 0 Å². The van der Waals surface area contributed by atoms with Crippen LogP contribution in [0, 0.1) is 5.92 Å². The Morgan fingerprint density at radius 2 is 1.83 bits per heavy atom. The second-order valence-corrected chi connectivity index (χ2v) is 10.5. The van der Waals surface area contributed by atoms with E-state index in [0.29, 0.717) is 53.5 Å². The van der Waals surface area contributed by atoms with Crippen molar-refractivity contribution in [2.75, 3.05) is 32.0 Å². The Balaban J connectivity index is 1.87. The number of methoxy groups -OCH3 is 3. The lowest BCUT2D eigenvalue weighted by atomic mass is 9.95. The molecule has 11 heteroatoms. The monoisotopic (exact) mass is 577 g/mol. The highest BCUT2D eigenvalue weighted by molar-refractivity contribution is 5.96. The van der Waals surface area contributed by atoms with Gasteiger partial charge in [-0.2, -0.15) is 5.10 Å². The molecule has 1 aromatic heterocycles. The summed E-state index contributed by atoms with van der Waals surface area (Å²) in [5.41, 5.74) is 2.98. The molecule has 224 valence electrons. The zero-order valence-corrected chi connectivity index (χ0v) is 25.2. The van der Waals surface area contributed by atoms with Crippen LogP contribution in [0.3, 0.4) is 0 Å². The van der Waals surface area contributed by atoms with E-state index in [0.717, 1.165) is 11.1 Å². The molecular formula is C31H39N5O6. The van der Waals surface area contributed by atoms with Crippen molar-refractivity contribution in [3.8, 4) is 28.4 Å². The van der Waals surface area contributed by atoms with Gasteiger partial charge >= 0.3 is 0 Å². The van der Waals surface area contributed by atoms with E-state index in [9.17, 15) is 14.4 Å². The average molecular weight is 578 g/mol. The van der Waals surface area contributed by atoms with Gasteiger partial charge in [0.25, 0.3) is 0 Å². The van der Waals surface area contributed by atoms with Crippen molar-refractivity contribution in [2.45, 2.75) is 52.1 Å². The summed E-state index contributed by atoms with van der Waals surface area (Å²) in [4.78, 5) is 39.3. The molecule has 0 radical (unpaired) electrons. The van der Waals surface area contributed by atoms with E-state index in [1.165, 1.54) is 20.1 Å². The third-order valence-electron chi connectivity index (χ3n) is 7.69. The third kappa shape index (κ3) is 6.19. The highest BCUT2D eigenvalue weighted by atomic mass is 16.5. The first kappa shape index (κ1) is 30.4. The largest absolute Gasteiger partial charge is 0.493 e. The maximum atomic E-state index is 13.8. The molecule has 3 aromatic rings. The summed E-state index contributed by atoms with van der Waals surface area (Å²) in [6, 6.07) is 7.52. The molecule has 3 N–H and O–H groups in total. The number of aromatic nitrogens is 2. The Bertz CT molecular complexity index is 1530. The Morgan fingerprint density at radius 3 is 2.43 bits per heavy atom. The first-order valence-electron chi connectivity index (χ1n) is 14.0. The number of nitrogens with zero attached hydrogens (tertiary/aromatic N) is 2. The first-order chi connectivity index (χ1) is 20.1. The molecule has 0 spiro atoms. The summed E-state index contributed by atoms with van der Waals surface area (Å²) >= 11 is 0. The van der Waals surface area contributed by atoms with Gasteiger partial charge in [-0.15, -0.1) is 0 Å². The van der Waals surface area contributed by atoms with Crippen molar-refractivity contribution in [1.29, 1.82) is 0 Å². The van der Waals surface area contributed by atoms with Crippen LogP contribution in [-0.2, 0) is 23.1 Å². The Labute approximate surface area is 245 Å². The van der Waals surface area contributed by atoms with E-state index in [4.69, 9.17) is 14.2 Å². The number of hydrogen-bond acceptors (Lipinski definition) is 8. The second-order valence-electron chi connectivity index (χ2n) is 10.5. The zero-order valence-electron chi connectivity index (χ0n) is 25.2. The molecule has 0 saturated carbocycles. The lowest BCUT2D eigenvalue weighted by Crippen LogP contribution is -2.40.